The SMILES string of the molecule is NC(=O)NCCCCCC(=O)Nc1ccc(C(F)(F)F)cc1. The minimum atomic E-state index is -4.39. The highest BCUT2D eigenvalue weighted by Crippen LogP contribution is 2.29. The number of rotatable bonds is 7. The predicted molar refractivity (Wildman–Crippen MR) is 76.1 cm³/mol. The zero-order chi connectivity index (χ0) is 16.6. The number of carbonyl (C=O) groups is 2. The minimum absolute atomic E-state index is 0.261. The fraction of sp³-hybridized carbons (Fsp3) is 0.429. The van der Waals surface area contributed by atoms with Gasteiger partial charge in [-0.1, -0.05) is 6.42 Å². The molecule has 1 aromatic carbocycles. The third kappa shape index (κ3) is 6.96. The maximum atomic E-state index is 12.4. The highest BCUT2D eigenvalue weighted by atomic mass is 19.4. The zero-order valence-electron chi connectivity index (χ0n) is 11.9. The number of primary amides is 1. The number of urea groups is 1. The van der Waals surface area contributed by atoms with E-state index in [-0.39, 0.29) is 12.3 Å². The van der Waals surface area contributed by atoms with E-state index in [2.05, 4.69) is 10.6 Å². The van der Waals surface area contributed by atoms with E-state index in [4.69, 9.17) is 5.73 Å². The molecule has 0 aliphatic rings. The van der Waals surface area contributed by atoms with Crippen LogP contribution in [-0.4, -0.2) is 18.5 Å². The predicted octanol–water partition coefficient (Wildman–Crippen LogP) is 2.87. The van der Waals surface area contributed by atoms with E-state index >= 15 is 0 Å². The lowest BCUT2D eigenvalue weighted by Gasteiger charge is -2.09. The van der Waals surface area contributed by atoms with Crippen molar-refractivity contribution < 1.29 is 22.8 Å². The van der Waals surface area contributed by atoms with E-state index in [0.29, 0.717) is 25.1 Å². The lowest BCUT2D eigenvalue weighted by atomic mass is 10.1. The van der Waals surface area contributed by atoms with Crippen LogP contribution >= 0.6 is 0 Å². The zero-order valence-corrected chi connectivity index (χ0v) is 11.9. The van der Waals surface area contributed by atoms with Crippen molar-refractivity contribution in [1.29, 1.82) is 0 Å². The first-order chi connectivity index (χ1) is 10.3. The second kappa shape index (κ2) is 8.26. The molecule has 0 bridgehead atoms. The molecule has 0 unspecified atom stereocenters. The second-order valence-electron chi connectivity index (χ2n) is 4.72. The summed E-state index contributed by atoms with van der Waals surface area (Å²) in [6, 6.07) is 3.70. The molecule has 0 atom stereocenters. The first-order valence-electron chi connectivity index (χ1n) is 6.79. The minimum Gasteiger partial charge on any atom is -0.352 e. The lowest BCUT2D eigenvalue weighted by Crippen LogP contribution is -2.29. The van der Waals surface area contributed by atoms with Gasteiger partial charge < -0.3 is 16.4 Å². The summed E-state index contributed by atoms with van der Waals surface area (Å²) in [5.41, 5.74) is 4.46. The van der Waals surface area contributed by atoms with E-state index in [1.165, 1.54) is 12.1 Å². The Kier molecular flexibility index (Phi) is 6.68. The number of amides is 3. The maximum Gasteiger partial charge on any atom is 0.416 e. The third-order valence-electron chi connectivity index (χ3n) is 2.88. The van der Waals surface area contributed by atoms with Gasteiger partial charge in [0, 0.05) is 18.7 Å². The summed E-state index contributed by atoms with van der Waals surface area (Å²) < 4.78 is 37.1. The number of hydrogen-bond donors (Lipinski definition) is 3. The van der Waals surface area contributed by atoms with Crippen molar-refractivity contribution in [2.45, 2.75) is 31.9 Å². The molecule has 0 heterocycles. The highest BCUT2D eigenvalue weighted by molar-refractivity contribution is 5.90. The number of anilines is 1. The van der Waals surface area contributed by atoms with Crippen LogP contribution in [0.4, 0.5) is 23.7 Å². The van der Waals surface area contributed by atoms with Crippen molar-refractivity contribution in [3.8, 4) is 0 Å². The molecule has 1 aromatic rings. The van der Waals surface area contributed by atoms with Crippen LogP contribution in [0.5, 0.6) is 0 Å². The summed E-state index contributed by atoms with van der Waals surface area (Å²) in [5, 5.41) is 4.97. The quantitative estimate of drug-likeness (QED) is 0.676. The lowest BCUT2D eigenvalue weighted by molar-refractivity contribution is -0.137. The number of alkyl halides is 3. The molecule has 8 heteroatoms. The van der Waals surface area contributed by atoms with Gasteiger partial charge in [-0.2, -0.15) is 13.2 Å². The molecule has 3 amide bonds. The number of carbonyl (C=O) groups excluding carboxylic acids is 2. The van der Waals surface area contributed by atoms with Gasteiger partial charge in [0.05, 0.1) is 5.56 Å². The van der Waals surface area contributed by atoms with Crippen LogP contribution in [0.2, 0.25) is 0 Å². The number of unbranched alkanes of at least 4 members (excludes halogenated alkanes) is 2. The van der Waals surface area contributed by atoms with Crippen molar-refractivity contribution in [2.75, 3.05) is 11.9 Å². The van der Waals surface area contributed by atoms with Gasteiger partial charge in [-0.15, -0.1) is 0 Å². The fourth-order valence-electron chi connectivity index (χ4n) is 1.76. The Balaban J connectivity index is 2.26. The molecule has 22 heavy (non-hydrogen) atoms. The van der Waals surface area contributed by atoms with Gasteiger partial charge in [0.2, 0.25) is 5.91 Å². The van der Waals surface area contributed by atoms with Gasteiger partial charge in [0.25, 0.3) is 0 Å². The normalized spacial score (nSPS) is 11.0. The molecule has 0 spiro atoms. The fourth-order valence-corrected chi connectivity index (χ4v) is 1.76. The Morgan fingerprint density at radius 1 is 1.05 bits per heavy atom. The van der Waals surface area contributed by atoms with Crippen LogP contribution in [0.1, 0.15) is 31.2 Å². The maximum absolute atomic E-state index is 12.4. The van der Waals surface area contributed by atoms with Crippen molar-refractivity contribution in [1.82, 2.24) is 5.32 Å². The Bertz CT molecular complexity index is 501. The van der Waals surface area contributed by atoms with Crippen LogP contribution in [0.3, 0.4) is 0 Å². The number of nitrogens with one attached hydrogen (secondary N) is 2. The van der Waals surface area contributed by atoms with Crippen molar-refractivity contribution >= 4 is 17.6 Å². The molecule has 0 aliphatic carbocycles. The molecule has 122 valence electrons. The van der Waals surface area contributed by atoms with Crippen LogP contribution in [0, 0.1) is 0 Å². The summed E-state index contributed by atoms with van der Waals surface area (Å²) >= 11 is 0. The van der Waals surface area contributed by atoms with Crippen molar-refractivity contribution in [3.63, 3.8) is 0 Å². The van der Waals surface area contributed by atoms with Crippen LogP contribution in [-0.2, 0) is 11.0 Å². The van der Waals surface area contributed by atoms with Crippen LogP contribution in [0.15, 0.2) is 24.3 Å². The summed E-state index contributed by atoms with van der Waals surface area (Å²) in [7, 11) is 0. The monoisotopic (exact) mass is 317 g/mol. The highest BCUT2D eigenvalue weighted by Gasteiger charge is 2.29. The van der Waals surface area contributed by atoms with Gasteiger partial charge in [0.1, 0.15) is 0 Å². The molecule has 0 saturated carbocycles. The van der Waals surface area contributed by atoms with Gasteiger partial charge in [-0.05, 0) is 37.1 Å². The van der Waals surface area contributed by atoms with Gasteiger partial charge in [-0.3, -0.25) is 4.79 Å². The molecular weight excluding hydrogens is 299 g/mol. The molecule has 1 rings (SSSR count). The van der Waals surface area contributed by atoms with Gasteiger partial charge in [0.15, 0.2) is 0 Å². The molecule has 0 fully saturated rings. The average Bonchev–Trinajstić information content (AvgIpc) is 2.42. The second-order valence-corrected chi connectivity index (χ2v) is 4.72. The number of hydrogen-bond acceptors (Lipinski definition) is 2. The molecular formula is C14H18F3N3O2. The summed E-state index contributed by atoms with van der Waals surface area (Å²) in [6.07, 6.45) is -2.07. The summed E-state index contributed by atoms with van der Waals surface area (Å²) in [5.74, 6) is -0.261. The summed E-state index contributed by atoms with van der Waals surface area (Å²) in [4.78, 5) is 22.0. The number of benzene rings is 1. The van der Waals surface area contributed by atoms with Crippen LogP contribution < -0.4 is 16.4 Å². The number of nitrogens with two attached hydrogens (primary N) is 1. The Hall–Kier alpha value is -2.25. The van der Waals surface area contributed by atoms with E-state index < -0.39 is 17.8 Å². The first-order valence-corrected chi connectivity index (χ1v) is 6.79. The van der Waals surface area contributed by atoms with E-state index in [1.807, 2.05) is 0 Å². The Morgan fingerprint density at radius 2 is 1.68 bits per heavy atom. The van der Waals surface area contributed by atoms with Crippen LogP contribution in [0.25, 0.3) is 0 Å². The molecule has 0 aromatic heterocycles. The largest absolute Gasteiger partial charge is 0.416 e. The van der Waals surface area contributed by atoms with Crippen molar-refractivity contribution in [2.24, 2.45) is 5.73 Å². The topological polar surface area (TPSA) is 84.2 Å². The standard InChI is InChI=1S/C14H18F3N3O2/c15-14(16,17)10-5-7-11(8-6-10)20-12(21)4-2-1-3-9-19-13(18)22/h5-8H,1-4,9H2,(H,20,21)(H3,18,19,22). The Labute approximate surface area is 126 Å². The molecule has 5 nitrogen and oxygen atoms in total. The molecule has 0 radical (unpaired) electrons. The third-order valence-corrected chi connectivity index (χ3v) is 2.88. The summed E-state index contributed by atoms with van der Waals surface area (Å²) in [6.45, 7) is 0.454. The van der Waals surface area contributed by atoms with E-state index in [9.17, 15) is 22.8 Å². The molecule has 0 saturated heterocycles. The van der Waals surface area contributed by atoms with Crippen molar-refractivity contribution in [3.05, 3.63) is 29.8 Å². The van der Waals surface area contributed by atoms with Gasteiger partial charge >= 0.3 is 12.2 Å². The molecule has 0 aliphatic heterocycles. The molecule has 4 N–H and O–H groups in total. The first kappa shape index (κ1) is 17.8. The van der Waals surface area contributed by atoms with E-state index in [1.54, 1.807) is 0 Å². The van der Waals surface area contributed by atoms with E-state index in [0.717, 1.165) is 18.6 Å². The number of halogens is 3. The Morgan fingerprint density at radius 3 is 2.23 bits per heavy atom. The average molecular weight is 317 g/mol. The van der Waals surface area contributed by atoms with Gasteiger partial charge in [-0.25, -0.2) is 4.79 Å². The smallest absolute Gasteiger partial charge is 0.352 e.